The summed E-state index contributed by atoms with van der Waals surface area (Å²) in [4.78, 5) is 12.3. The van der Waals surface area contributed by atoms with Crippen molar-refractivity contribution in [1.29, 1.82) is 0 Å². The first-order valence-electron chi connectivity index (χ1n) is 6.48. The molecular formula is C15H20O3. The van der Waals surface area contributed by atoms with Gasteiger partial charge in [-0.3, -0.25) is 4.79 Å². The number of ether oxygens (including phenoxy) is 2. The number of Topliss-reactive ketones (excluding diaryl/α,β-unsaturated/α-hetero) is 1. The van der Waals surface area contributed by atoms with Crippen LogP contribution in [-0.4, -0.2) is 24.1 Å². The van der Waals surface area contributed by atoms with E-state index in [1.54, 1.807) is 19.9 Å². The Morgan fingerprint density at radius 3 is 2.72 bits per heavy atom. The quantitative estimate of drug-likeness (QED) is 0.725. The van der Waals surface area contributed by atoms with Gasteiger partial charge in [-0.2, -0.15) is 0 Å². The minimum absolute atomic E-state index is 0.00871. The molecule has 3 nitrogen and oxygen atoms in total. The van der Waals surface area contributed by atoms with Crippen LogP contribution in [0.15, 0.2) is 24.3 Å². The Bertz CT molecular complexity index is 433. The highest BCUT2D eigenvalue weighted by molar-refractivity contribution is 6.02. The third-order valence-corrected chi connectivity index (χ3v) is 2.98. The molecule has 0 radical (unpaired) electrons. The fourth-order valence-corrected chi connectivity index (χ4v) is 1.86. The van der Waals surface area contributed by atoms with E-state index in [4.69, 9.17) is 9.47 Å². The van der Waals surface area contributed by atoms with E-state index in [1.807, 2.05) is 25.1 Å². The first kappa shape index (κ1) is 13.1. The molecule has 0 unspecified atom stereocenters. The van der Waals surface area contributed by atoms with Gasteiger partial charge in [0.2, 0.25) is 0 Å². The van der Waals surface area contributed by atoms with Crippen LogP contribution in [0.2, 0.25) is 0 Å². The van der Waals surface area contributed by atoms with Crippen LogP contribution in [0, 0.1) is 0 Å². The van der Waals surface area contributed by atoms with Crippen molar-refractivity contribution in [3.63, 3.8) is 0 Å². The van der Waals surface area contributed by atoms with Gasteiger partial charge in [-0.1, -0.05) is 12.1 Å². The summed E-state index contributed by atoms with van der Waals surface area (Å²) < 4.78 is 11.2. The van der Waals surface area contributed by atoms with E-state index >= 15 is 0 Å². The highest BCUT2D eigenvalue weighted by atomic mass is 16.5. The summed E-state index contributed by atoms with van der Waals surface area (Å²) in [5.74, 6) is 0.765. The van der Waals surface area contributed by atoms with Gasteiger partial charge in [0.1, 0.15) is 11.4 Å². The van der Waals surface area contributed by atoms with E-state index in [1.165, 1.54) is 0 Å². The SMILES string of the molecule is CCOC(C)(C)C(=O)c1cccc(OC2CC2)c1. The number of carbonyl (C=O) groups is 1. The summed E-state index contributed by atoms with van der Waals surface area (Å²) in [6.45, 7) is 6.01. The van der Waals surface area contributed by atoms with E-state index in [-0.39, 0.29) is 5.78 Å². The van der Waals surface area contributed by atoms with Gasteiger partial charge < -0.3 is 9.47 Å². The molecule has 1 aromatic carbocycles. The van der Waals surface area contributed by atoms with Gasteiger partial charge >= 0.3 is 0 Å². The topological polar surface area (TPSA) is 35.5 Å². The van der Waals surface area contributed by atoms with Gasteiger partial charge in [0.05, 0.1) is 6.10 Å². The van der Waals surface area contributed by atoms with E-state index in [9.17, 15) is 4.79 Å². The van der Waals surface area contributed by atoms with Crippen LogP contribution in [0.4, 0.5) is 0 Å². The summed E-state index contributed by atoms with van der Waals surface area (Å²) in [6.07, 6.45) is 2.57. The highest BCUT2D eigenvalue weighted by Crippen LogP contribution is 2.28. The molecule has 1 saturated carbocycles. The van der Waals surface area contributed by atoms with Crippen LogP contribution in [0.3, 0.4) is 0 Å². The van der Waals surface area contributed by atoms with Gasteiger partial charge in [0.25, 0.3) is 0 Å². The zero-order valence-corrected chi connectivity index (χ0v) is 11.2. The van der Waals surface area contributed by atoms with Crippen LogP contribution in [0.1, 0.15) is 44.0 Å². The molecule has 0 saturated heterocycles. The second kappa shape index (κ2) is 5.11. The van der Waals surface area contributed by atoms with Crippen molar-refractivity contribution >= 4 is 5.78 Å². The molecule has 0 spiro atoms. The van der Waals surface area contributed by atoms with Crippen LogP contribution in [-0.2, 0) is 4.74 Å². The van der Waals surface area contributed by atoms with Crippen molar-refractivity contribution in [2.75, 3.05) is 6.61 Å². The minimum atomic E-state index is -0.785. The maximum absolute atomic E-state index is 12.3. The molecule has 98 valence electrons. The maximum atomic E-state index is 12.3. The molecule has 0 atom stereocenters. The predicted octanol–water partition coefficient (Wildman–Crippen LogP) is 3.23. The number of carbonyl (C=O) groups excluding carboxylic acids is 1. The third kappa shape index (κ3) is 3.10. The molecule has 1 aliphatic rings. The van der Waals surface area contributed by atoms with Crippen LogP contribution in [0.5, 0.6) is 5.75 Å². The Hall–Kier alpha value is -1.35. The number of rotatable bonds is 6. The summed E-state index contributed by atoms with van der Waals surface area (Å²) in [5.41, 5.74) is -0.140. The molecule has 0 amide bonds. The predicted molar refractivity (Wildman–Crippen MR) is 70.1 cm³/mol. The van der Waals surface area contributed by atoms with E-state index < -0.39 is 5.60 Å². The Morgan fingerprint density at radius 1 is 1.39 bits per heavy atom. The lowest BCUT2D eigenvalue weighted by atomic mass is 9.96. The van der Waals surface area contributed by atoms with Crippen molar-refractivity contribution in [2.24, 2.45) is 0 Å². The molecule has 0 bridgehead atoms. The van der Waals surface area contributed by atoms with Crippen LogP contribution >= 0.6 is 0 Å². The Morgan fingerprint density at radius 2 is 2.11 bits per heavy atom. The molecule has 0 heterocycles. The van der Waals surface area contributed by atoms with Crippen LogP contribution < -0.4 is 4.74 Å². The second-order valence-corrected chi connectivity index (χ2v) is 5.12. The largest absolute Gasteiger partial charge is 0.490 e. The first-order valence-corrected chi connectivity index (χ1v) is 6.48. The van der Waals surface area contributed by atoms with E-state index in [0.29, 0.717) is 18.3 Å². The number of hydrogen-bond acceptors (Lipinski definition) is 3. The van der Waals surface area contributed by atoms with Gasteiger partial charge in [-0.15, -0.1) is 0 Å². The highest BCUT2D eigenvalue weighted by Gasteiger charge is 2.29. The lowest BCUT2D eigenvalue weighted by Crippen LogP contribution is -2.35. The van der Waals surface area contributed by atoms with Crippen LogP contribution in [0.25, 0.3) is 0 Å². The maximum Gasteiger partial charge on any atom is 0.194 e. The van der Waals surface area contributed by atoms with E-state index in [0.717, 1.165) is 18.6 Å². The average molecular weight is 248 g/mol. The lowest BCUT2D eigenvalue weighted by molar-refractivity contribution is 0.00124. The lowest BCUT2D eigenvalue weighted by Gasteiger charge is -2.23. The fourth-order valence-electron chi connectivity index (χ4n) is 1.86. The number of hydrogen-bond donors (Lipinski definition) is 0. The Balaban J connectivity index is 2.13. The summed E-state index contributed by atoms with van der Waals surface area (Å²) in [7, 11) is 0. The fraction of sp³-hybridized carbons (Fsp3) is 0.533. The molecule has 18 heavy (non-hydrogen) atoms. The zero-order valence-electron chi connectivity index (χ0n) is 11.2. The molecule has 3 heteroatoms. The van der Waals surface area contributed by atoms with Gasteiger partial charge in [0.15, 0.2) is 5.78 Å². The second-order valence-electron chi connectivity index (χ2n) is 5.12. The summed E-state index contributed by atoms with van der Waals surface area (Å²) in [6, 6.07) is 7.36. The monoisotopic (exact) mass is 248 g/mol. The molecule has 2 rings (SSSR count). The van der Waals surface area contributed by atoms with Crippen molar-refractivity contribution < 1.29 is 14.3 Å². The molecule has 0 N–H and O–H groups in total. The van der Waals surface area contributed by atoms with Crippen molar-refractivity contribution in [2.45, 2.75) is 45.3 Å². The van der Waals surface area contributed by atoms with Gasteiger partial charge in [-0.05, 0) is 45.7 Å². The van der Waals surface area contributed by atoms with Crippen molar-refractivity contribution in [3.8, 4) is 5.75 Å². The molecule has 0 aromatic heterocycles. The minimum Gasteiger partial charge on any atom is -0.490 e. The molecule has 0 aliphatic heterocycles. The Labute approximate surface area is 108 Å². The standard InChI is InChI=1S/C15H20O3/c1-4-17-15(2,3)14(16)11-6-5-7-13(10-11)18-12-8-9-12/h5-7,10,12H,4,8-9H2,1-3H3. The molecule has 1 aromatic rings. The average Bonchev–Trinajstić information content (AvgIpc) is 3.12. The van der Waals surface area contributed by atoms with Crippen molar-refractivity contribution in [1.82, 2.24) is 0 Å². The molecule has 1 aliphatic carbocycles. The third-order valence-electron chi connectivity index (χ3n) is 2.98. The summed E-state index contributed by atoms with van der Waals surface area (Å²) in [5, 5.41) is 0. The molecular weight excluding hydrogens is 228 g/mol. The van der Waals surface area contributed by atoms with Gasteiger partial charge in [0, 0.05) is 12.2 Å². The normalized spacial score (nSPS) is 15.5. The number of ketones is 1. The first-order chi connectivity index (χ1) is 8.53. The number of benzene rings is 1. The molecule has 1 fully saturated rings. The van der Waals surface area contributed by atoms with Gasteiger partial charge in [-0.25, -0.2) is 0 Å². The van der Waals surface area contributed by atoms with E-state index in [2.05, 4.69) is 0 Å². The summed E-state index contributed by atoms with van der Waals surface area (Å²) >= 11 is 0. The zero-order chi connectivity index (χ0) is 13.2. The Kier molecular flexibility index (Phi) is 3.71. The smallest absolute Gasteiger partial charge is 0.194 e. The van der Waals surface area contributed by atoms with Crippen molar-refractivity contribution in [3.05, 3.63) is 29.8 Å².